The van der Waals surface area contributed by atoms with Crippen LogP contribution in [-0.4, -0.2) is 30.2 Å². The Labute approximate surface area is 147 Å². The minimum atomic E-state index is -0.260. The maximum absolute atomic E-state index is 12.0. The molecule has 0 saturated heterocycles. The Morgan fingerprint density at radius 3 is 3.00 bits per heavy atom. The van der Waals surface area contributed by atoms with Crippen molar-refractivity contribution in [1.82, 2.24) is 0 Å². The molecule has 0 saturated carbocycles. The van der Waals surface area contributed by atoms with Crippen LogP contribution < -0.4 is 15.9 Å². The third-order valence-corrected chi connectivity index (χ3v) is 6.25. The summed E-state index contributed by atoms with van der Waals surface area (Å²) < 4.78 is 0.644. The minimum Gasteiger partial charge on any atom is -0.504 e. The minimum absolute atomic E-state index is 0.146. The number of aliphatic imine (C=N–C) groups is 1. The highest BCUT2D eigenvalue weighted by molar-refractivity contribution is 9.12. The summed E-state index contributed by atoms with van der Waals surface area (Å²) in [5.74, 6) is 0.361. The Hall–Kier alpha value is -1.95. The molecule has 2 N–H and O–H groups in total. The second-order valence-corrected chi connectivity index (χ2v) is 7.69. The van der Waals surface area contributed by atoms with Gasteiger partial charge in [0.1, 0.15) is 5.69 Å². The lowest BCUT2D eigenvalue weighted by atomic mass is 9.68. The summed E-state index contributed by atoms with van der Waals surface area (Å²) in [4.78, 5) is 21.2. The molecular formula is C18H16BrN3O2. The number of benzene rings is 1. The van der Waals surface area contributed by atoms with Crippen LogP contribution in [0, 0.1) is 0 Å². The zero-order valence-electron chi connectivity index (χ0n) is 13.0. The molecule has 1 unspecified atom stereocenters. The van der Waals surface area contributed by atoms with Gasteiger partial charge in [-0.15, -0.1) is 0 Å². The fraction of sp³-hybridized carbons (Fsp3) is 0.389. The number of carbonyl (C=O) groups excluding carboxylic acids is 1. The van der Waals surface area contributed by atoms with E-state index >= 15 is 0 Å². The maximum atomic E-state index is 12.0. The number of ketones is 1. The lowest BCUT2D eigenvalue weighted by Crippen LogP contribution is -2.45. The van der Waals surface area contributed by atoms with Crippen LogP contribution in [-0.2, 0) is 10.2 Å². The summed E-state index contributed by atoms with van der Waals surface area (Å²) in [5.41, 5.74) is 3.32. The van der Waals surface area contributed by atoms with Crippen LogP contribution in [0.3, 0.4) is 0 Å². The highest BCUT2D eigenvalue weighted by atomic mass is 79.9. The molecule has 0 aromatic heterocycles. The summed E-state index contributed by atoms with van der Waals surface area (Å²) in [6.45, 7) is 1.49. The molecule has 3 aliphatic heterocycles. The molecule has 5 nitrogen and oxygen atoms in total. The number of phenolic OH excluding ortho intramolecular Hbond substituents is 1. The molecule has 0 radical (unpaired) electrons. The molecule has 0 bridgehead atoms. The SMILES string of the molecule is O=C1CCC2(C=C1Br)CCNc1c(O)c3c4c(c12)=NCCC=4C=N3. The molecule has 122 valence electrons. The largest absolute Gasteiger partial charge is 0.504 e. The summed E-state index contributed by atoms with van der Waals surface area (Å²) in [7, 11) is 0. The van der Waals surface area contributed by atoms with E-state index in [2.05, 4.69) is 26.2 Å². The molecular weight excluding hydrogens is 370 g/mol. The molecule has 3 heterocycles. The smallest absolute Gasteiger partial charge is 0.169 e. The number of nitrogens with one attached hydrogen (secondary N) is 1. The van der Waals surface area contributed by atoms with Crippen molar-refractivity contribution in [1.29, 1.82) is 0 Å². The molecule has 6 heteroatoms. The molecule has 1 aromatic rings. The number of carbonyl (C=O) groups is 1. The molecule has 1 aromatic carbocycles. The summed E-state index contributed by atoms with van der Waals surface area (Å²) >= 11 is 3.44. The third-order valence-electron chi connectivity index (χ3n) is 5.58. The molecule has 5 rings (SSSR count). The Morgan fingerprint density at radius 1 is 1.29 bits per heavy atom. The number of aromatic hydroxyl groups is 1. The number of allylic oxidation sites excluding steroid dienone is 2. The lowest BCUT2D eigenvalue weighted by Gasteiger charge is -2.40. The van der Waals surface area contributed by atoms with Gasteiger partial charge in [0.15, 0.2) is 11.5 Å². The number of hydrogen-bond donors (Lipinski definition) is 2. The summed E-state index contributed by atoms with van der Waals surface area (Å²) in [5, 5.41) is 16.1. The van der Waals surface area contributed by atoms with E-state index in [1.54, 1.807) is 0 Å². The Balaban J connectivity index is 1.92. The van der Waals surface area contributed by atoms with Gasteiger partial charge >= 0.3 is 0 Å². The van der Waals surface area contributed by atoms with Crippen molar-refractivity contribution in [3.05, 3.63) is 26.7 Å². The van der Waals surface area contributed by atoms with Crippen LogP contribution in [0.15, 0.2) is 20.5 Å². The van der Waals surface area contributed by atoms with Gasteiger partial charge in [-0.2, -0.15) is 0 Å². The number of anilines is 1. The van der Waals surface area contributed by atoms with E-state index in [-0.39, 0.29) is 16.9 Å². The number of phenols is 1. The average molecular weight is 386 g/mol. The monoisotopic (exact) mass is 385 g/mol. The van der Waals surface area contributed by atoms with E-state index in [4.69, 9.17) is 4.99 Å². The number of halogens is 1. The number of hydrogen-bond acceptors (Lipinski definition) is 5. The van der Waals surface area contributed by atoms with Gasteiger partial charge in [-0.25, -0.2) is 0 Å². The van der Waals surface area contributed by atoms with Crippen molar-refractivity contribution in [2.45, 2.75) is 31.1 Å². The van der Waals surface area contributed by atoms with Gasteiger partial charge in [-0.1, -0.05) is 6.08 Å². The van der Waals surface area contributed by atoms with Gasteiger partial charge in [0.05, 0.1) is 15.5 Å². The molecule has 4 aliphatic rings. The first-order valence-electron chi connectivity index (χ1n) is 8.27. The molecule has 0 fully saturated rings. The molecule has 1 spiro atoms. The second kappa shape index (κ2) is 4.79. The zero-order valence-corrected chi connectivity index (χ0v) is 14.6. The highest BCUT2D eigenvalue weighted by Crippen LogP contribution is 2.48. The highest BCUT2D eigenvalue weighted by Gasteiger charge is 2.42. The summed E-state index contributed by atoms with van der Waals surface area (Å²) in [6.07, 6.45) is 6.92. The predicted octanol–water partition coefficient (Wildman–Crippen LogP) is 1.98. The quantitative estimate of drug-likeness (QED) is 0.670. The van der Waals surface area contributed by atoms with Gasteiger partial charge in [0.2, 0.25) is 0 Å². The topological polar surface area (TPSA) is 74.0 Å². The van der Waals surface area contributed by atoms with Gasteiger partial charge in [-0.3, -0.25) is 14.8 Å². The van der Waals surface area contributed by atoms with Crippen LogP contribution in [0.2, 0.25) is 0 Å². The molecule has 1 atom stereocenters. The fourth-order valence-corrected chi connectivity index (χ4v) is 5.06. The Morgan fingerprint density at radius 2 is 2.17 bits per heavy atom. The van der Waals surface area contributed by atoms with E-state index in [1.807, 2.05) is 12.3 Å². The Kier molecular flexibility index (Phi) is 2.87. The van der Waals surface area contributed by atoms with Gasteiger partial charge in [0.25, 0.3) is 0 Å². The normalized spacial score (nSPS) is 26.6. The summed E-state index contributed by atoms with van der Waals surface area (Å²) in [6, 6.07) is 0. The number of fused-ring (bicyclic) bond motifs is 3. The standard InChI is InChI=1S/C18H16BrN3O2/c19-10-7-18(3-1-11(10)23)4-6-21-16-13(18)14-12-9(2-5-20-14)8-22-15(12)17(16)24/h7-8,21,24H,1-6H2. The van der Waals surface area contributed by atoms with Crippen LogP contribution in [0.5, 0.6) is 5.75 Å². The van der Waals surface area contributed by atoms with Crippen molar-refractivity contribution >= 4 is 44.9 Å². The lowest BCUT2D eigenvalue weighted by molar-refractivity contribution is -0.115. The van der Waals surface area contributed by atoms with Gasteiger partial charge in [0, 0.05) is 41.9 Å². The zero-order chi connectivity index (χ0) is 16.5. The van der Waals surface area contributed by atoms with Crippen molar-refractivity contribution in [2.75, 3.05) is 18.4 Å². The van der Waals surface area contributed by atoms with E-state index in [1.165, 1.54) is 0 Å². The first-order valence-corrected chi connectivity index (χ1v) is 9.07. The van der Waals surface area contributed by atoms with Crippen LogP contribution in [0.1, 0.15) is 31.2 Å². The van der Waals surface area contributed by atoms with E-state index < -0.39 is 0 Å². The van der Waals surface area contributed by atoms with Crippen molar-refractivity contribution < 1.29 is 9.90 Å². The average Bonchev–Trinajstić information content (AvgIpc) is 3.02. The predicted molar refractivity (Wildman–Crippen MR) is 96.0 cm³/mol. The van der Waals surface area contributed by atoms with Gasteiger partial charge in [-0.05, 0) is 40.8 Å². The van der Waals surface area contributed by atoms with Crippen LogP contribution >= 0.6 is 15.9 Å². The third kappa shape index (κ3) is 1.72. The van der Waals surface area contributed by atoms with E-state index in [0.29, 0.717) is 16.6 Å². The van der Waals surface area contributed by atoms with E-state index in [9.17, 15) is 9.90 Å². The number of rotatable bonds is 0. The second-order valence-electron chi connectivity index (χ2n) is 6.83. The van der Waals surface area contributed by atoms with Crippen molar-refractivity contribution in [2.24, 2.45) is 9.98 Å². The number of Topliss-reactive ketones (excluding diaryl/α,β-unsaturated/α-hetero) is 1. The molecule has 24 heavy (non-hydrogen) atoms. The molecule has 1 aliphatic carbocycles. The van der Waals surface area contributed by atoms with E-state index in [0.717, 1.165) is 59.8 Å². The van der Waals surface area contributed by atoms with Crippen LogP contribution in [0.25, 0.3) is 5.57 Å². The van der Waals surface area contributed by atoms with Crippen molar-refractivity contribution in [3.63, 3.8) is 0 Å². The fourth-order valence-electron chi connectivity index (χ4n) is 4.42. The first-order chi connectivity index (χ1) is 11.6. The Bertz CT molecular complexity index is 993. The maximum Gasteiger partial charge on any atom is 0.169 e. The molecule has 0 amide bonds. The first kappa shape index (κ1) is 14.4. The van der Waals surface area contributed by atoms with Crippen molar-refractivity contribution in [3.8, 4) is 5.75 Å². The number of nitrogens with zero attached hydrogens (tertiary/aromatic N) is 2. The van der Waals surface area contributed by atoms with Gasteiger partial charge < -0.3 is 10.4 Å². The van der Waals surface area contributed by atoms with Crippen LogP contribution in [0.4, 0.5) is 11.4 Å².